The van der Waals surface area contributed by atoms with Crippen LogP contribution < -0.4 is 15.4 Å². The lowest BCUT2D eigenvalue weighted by Crippen LogP contribution is -2.47. The number of oxazole rings is 1. The summed E-state index contributed by atoms with van der Waals surface area (Å²) in [6.45, 7) is 6.75. The third-order valence-electron chi connectivity index (χ3n) is 4.36. The molecule has 130 valence electrons. The van der Waals surface area contributed by atoms with Crippen molar-refractivity contribution in [3.63, 3.8) is 0 Å². The average Bonchev–Trinajstić information content (AvgIpc) is 2.97. The van der Waals surface area contributed by atoms with Gasteiger partial charge in [-0.3, -0.25) is 4.79 Å². The summed E-state index contributed by atoms with van der Waals surface area (Å²) in [5, 5.41) is 4.09. The van der Waals surface area contributed by atoms with Crippen molar-refractivity contribution in [3.8, 4) is 0 Å². The fourth-order valence-electron chi connectivity index (χ4n) is 3.05. The summed E-state index contributed by atoms with van der Waals surface area (Å²) >= 11 is 0. The van der Waals surface area contributed by atoms with E-state index in [1.165, 1.54) is 4.68 Å². The van der Waals surface area contributed by atoms with Crippen LogP contribution >= 0.6 is 0 Å². The van der Waals surface area contributed by atoms with Gasteiger partial charge in [0.2, 0.25) is 0 Å². The molecule has 1 aliphatic heterocycles. The van der Waals surface area contributed by atoms with Crippen molar-refractivity contribution in [1.82, 2.24) is 24.7 Å². The van der Waals surface area contributed by atoms with Crippen LogP contribution in [0.4, 0.5) is 11.5 Å². The zero-order chi connectivity index (χ0) is 17.6. The number of anilines is 2. The Morgan fingerprint density at radius 2 is 1.76 bits per heavy atom. The molecular weight excluding hydrogens is 322 g/mol. The predicted octanol–water partition coefficient (Wildman–Crippen LogP) is 0.655. The van der Waals surface area contributed by atoms with Gasteiger partial charge in [-0.05, 0) is 6.92 Å². The highest BCUT2D eigenvalue weighted by atomic mass is 16.4. The number of hydrogen-bond donors (Lipinski definition) is 0. The molecule has 0 N–H and O–H groups in total. The molecule has 3 aromatic heterocycles. The van der Waals surface area contributed by atoms with Gasteiger partial charge in [0.15, 0.2) is 17.2 Å². The van der Waals surface area contributed by atoms with Crippen LogP contribution in [0.15, 0.2) is 21.5 Å². The second-order valence-electron chi connectivity index (χ2n) is 6.13. The Kier molecular flexibility index (Phi) is 3.63. The van der Waals surface area contributed by atoms with Gasteiger partial charge in [0.05, 0.1) is 11.9 Å². The molecule has 0 bridgehead atoms. The zero-order valence-electron chi connectivity index (χ0n) is 14.4. The summed E-state index contributed by atoms with van der Waals surface area (Å²) in [7, 11) is 1.65. The van der Waals surface area contributed by atoms with Gasteiger partial charge in [-0.2, -0.15) is 10.1 Å². The monoisotopic (exact) mass is 341 g/mol. The summed E-state index contributed by atoms with van der Waals surface area (Å²) in [6.07, 6.45) is 1.73. The van der Waals surface area contributed by atoms with Crippen molar-refractivity contribution in [2.75, 3.05) is 36.0 Å². The summed E-state index contributed by atoms with van der Waals surface area (Å²) in [5.41, 5.74) is 1.97. The smallest absolute Gasteiger partial charge is 0.268 e. The van der Waals surface area contributed by atoms with E-state index in [1.54, 1.807) is 19.3 Å². The number of piperazine rings is 1. The van der Waals surface area contributed by atoms with Crippen molar-refractivity contribution >= 4 is 22.7 Å². The van der Waals surface area contributed by atoms with Crippen LogP contribution in [0.2, 0.25) is 0 Å². The zero-order valence-corrected chi connectivity index (χ0v) is 14.4. The molecule has 0 aromatic carbocycles. The van der Waals surface area contributed by atoms with E-state index in [0.717, 1.165) is 37.7 Å². The minimum Gasteiger partial charge on any atom is -0.422 e. The standard InChI is InChI=1S/C16H19N7O2/c1-10-18-15(14-16(19-10)25-11(2)20-14)23-6-4-22(5-7-23)12-8-13(24)21(3)17-9-12/h8-9H,4-7H2,1-3H3. The van der Waals surface area contributed by atoms with Crippen LogP contribution in [0, 0.1) is 13.8 Å². The van der Waals surface area contributed by atoms with E-state index in [4.69, 9.17) is 4.42 Å². The number of aryl methyl sites for hydroxylation is 3. The molecule has 1 fully saturated rings. The van der Waals surface area contributed by atoms with E-state index in [9.17, 15) is 4.79 Å². The van der Waals surface area contributed by atoms with Gasteiger partial charge in [0.25, 0.3) is 11.3 Å². The largest absolute Gasteiger partial charge is 0.422 e. The molecule has 0 unspecified atom stereocenters. The van der Waals surface area contributed by atoms with Gasteiger partial charge >= 0.3 is 0 Å². The van der Waals surface area contributed by atoms with Gasteiger partial charge in [-0.25, -0.2) is 14.6 Å². The number of hydrogen-bond acceptors (Lipinski definition) is 8. The molecule has 1 saturated heterocycles. The molecule has 0 atom stereocenters. The molecule has 0 amide bonds. The van der Waals surface area contributed by atoms with Gasteiger partial charge in [-0.15, -0.1) is 0 Å². The molecule has 25 heavy (non-hydrogen) atoms. The van der Waals surface area contributed by atoms with Gasteiger partial charge in [0.1, 0.15) is 5.82 Å². The quantitative estimate of drug-likeness (QED) is 0.671. The van der Waals surface area contributed by atoms with Crippen molar-refractivity contribution in [2.24, 2.45) is 7.05 Å². The van der Waals surface area contributed by atoms with Crippen molar-refractivity contribution in [3.05, 3.63) is 34.3 Å². The summed E-state index contributed by atoms with van der Waals surface area (Å²) in [5.74, 6) is 2.05. The van der Waals surface area contributed by atoms with E-state index in [2.05, 4.69) is 29.9 Å². The molecule has 0 radical (unpaired) electrons. The Labute approximate surface area is 143 Å². The highest BCUT2D eigenvalue weighted by molar-refractivity contribution is 5.82. The SMILES string of the molecule is Cc1nc(N2CCN(c3cnn(C)c(=O)c3)CC2)c2nc(C)oc2n1. The minimum absolute atomic E-state index is 0.105. The van der Waals surface area contributed by atoms with Crippen LogP contribution in [-0.2, 0) is 7.05 Å². The number of aromatic nitrogens is 5. The Morgan fingerprint density at radius 1 is 1.04 bits per heavy atom. The number of nitrogens with zero attached hydrogens (tertiary/aromatic N) is 7. The molecule has 1 aliphatic rings. The van der Waals surface area contributed by atoms with Crippen LogP contribution in [0.1, 0.15) is 11.7 Å². The summed E-state index contributed by atoms with van der Waals surface area (Å²) < 4.78 is 6.88. The van der Waals surface area contributed by atoms with Crippen molar-refractivity contribution in [1.29, 1.82) is 0 Å². The second kappa shape index (κ2) is 5.83. The lowest BCUT2D eigenvalue weighted by molar-refractivity contribution is 0.550. The maximum atomic E-state index is 11.8. The Morgan fingerprint density at radius 3 is 2.48 bits per heavy atom. The van der Waals surface area contributed by atoms with Gasteiger partial charge < -0.3 is 14.2 Å². The van der Waals surface area contributed by atoms with E-state index in [-0.39, 0.29) is 5.56 Å². The van der Waals surface area contributed by atoms with Gasteiger partial charge in [-0.1, -0.05) is 0 Å². The molecular formula is C16H19N7O2. The highest BCUT2D eigenvalue weighted by Crippen LogP contribution is 2.25. The third-order valence-corrected chi connectivity index (χ3v) is 4.36. The molecule has 3 aromatic rings. The Hall–Kier alpha value is -2.97. The van der Waals surface area contributed by atoms with E-state index in [1.807, 2.05) is 13.8 Å². The molecule has 0 spiro atoms. The maximum absolute atomic E-state index is 11.8. The van der Waals surface area contributed by atoms with Gasteiger partial charge in [0, 0.05) is 46.2 Å². The first-order valence-electron chi connectivity index (χ1n) is 8.16. The predicted molar refractivity (Wildman–Crippen MR) is 93.0 cm³/mol. The normalized spacial score (nSPS) is 15.2. The van der Waals surface area contributed by atoms with Crippen LogP contribution in [0.3, 0.4) is 0 Å². The van der Waals surface area contributed by atoms with E-state index >= 15 is 0 Å². The summed E-state index contributed by atoms with van der Waals surface area (Å²) in [6, 6.07) is 1.62. The Balaban J connectivity index is 1.58. The van der Waals surface area contributed by atoms with E-state index < -0.39 is 0 Å². The van der Waals surface area contributed by atoms with Crippen molar-refractivity contribution < 1.29 is 4.42 Å². The van der Waals surface area contributed by atoms with Crippen molar-refractivity contribution in [2.45, 2.75) is 13.8 Å². The molecule has 4 rings (SSSR count). The highest BCUT2D eigenvalue weighted by Gasteiger charge is 2.23. The third kappa shape index (κ3) is 2.81. The second-order valence-corrected chi connectivity index (χ2v) is 6.13. The first-order valence-corrected chi connectivity index (χ1v) is 8.16. The fraction of sp³-hybridized carbons (Fsp3) is 0.438. The Bertz CT molecular complexity index is 986. The average molecular weight is 341 g/mol. The molecule has 9 nitrogen and oxygen atoms in total. The lowest BCUT2D eigenvalue weighted by Gasteiger charge is -2.36. The number of fused-ring (bicyclic) bond motifs is 1. The van der Waals surface area contributed by atoms with Crippen LogP contribution in [0.5, 0.6) is 0 Å². The van der Waals surface area contributed by atoms with Crippen LogP contribution in [-0.4, -0.2) is 50.9 Å². The molecule has 0 aliphatic carbocycles. The molecule has 9 heteroatoms. The fourth-order valence-corrected chi connectivity index (χ4v) is 3.05. The first-order chi connectivity index (χ1) is 12.0. The van der Waals surface area contributed by atoms with Crippen LogP contribution in [0.25, 0.3) is 11.2 Å². The summed E-state index contributed by atoms with van der Waals surface area (Å²) in [4.78, 5) is 29.4. The minimum atomic E-state index is -0.105. The molecule has 0 saturated carbocycles. The van der Waals surface area contributed by atoms with E-state index in [0.29, 0.717) is 22.9 Å². The topological polar surface area (TPSA) is 93.2 Å². The molecule has 4 heterocycles. The number of rotatable bonds is 2. The maximum Gasteiger partial charge on any atom is 0.268 e. The first kappa shape index (κ1) is 15.6. The lowest BCUT2D eigenvalue weighted by atomic mass is 10.2.